The van der Waals surface area contributed by atoms with Gasteiger partial charge in [0.15, 0.2) is 12.4 Å². The quantitative estimate of drug-likeness (QED) is 0.489. The first-order valence-electron chi connectivity index (χ1n) is 6.57. The van der Waals surface area contributed by atoms with Crippen molar-refractivity contribution in [2.45, 2.75) is 42.5 Å². The topological polar surface area (TPSA) is 134 Å². The van der Waals surface area contributed by atoms with Crippen molar-refractivity contribution in [3.05, 3.63) is 29.8 Å². The number of hydrogen-bond acceptors (Lipinski definition) is 8. The minimum absolute atomic E-state index is 0.156. The summed E-state index contributed by atoms with van der Waals surface area (Å²) in [6.45, 7) is 1.14. The lowest BCUT2D eigenvalue weighted by molar-refractivity contribution is -0.279. The maximum Gasteiger partial charge on any atom is 0.297 e. The maximum atomic E-state index is 12.1. The number of rotatable bonds is 4. The van der Waals surface area contributed by atoms with Gasteiger partial charge in [-0.2, -0.15) is 8.42 Å². The maximum absolute atomic E-state index is 12.1. The van der Waals surface area contributed by atoms with Crippen LogP contribution in [0.1, 0.15) is 5.56 Å². The molecular weight excluding hydrogens is 316 g/mol. The van der Waals surface area contributed by atoms with Crippen LogP contribution in [0.25, 0.3) is 0 Å². The largest absolute Gasteiger partial charge is 0.394 e. The summed E-state index contributed by atoms with van der Waals surface area (Å²) < 4.78 is 33.9. The van der Waals surface area contributed by atoms with Gasteiger partial charge in [0.05, 0.1) is 11.5 Å². The minimum atomic E-state index is -4.26. The van der Waals surface area contributed by atoms with Crippen LogP contribution in [0.4, 0.5) is 0 Å². The Kier molecular flexibility index (Phi) is 5.17. The normalized spacial score (nSPS) is 32.9. The van der Waals surface area contributed by atoms with Gasteiger partial charge in [-0.1, -0.05) is 17.7 Å². The van der Waals surface area contributed by atoms with E-state index in [1.165, 1.54) is 12.1 Å². The van der Waals surface area contributed by atoms with Crippen molar-refractivity contribution in [3.63, 3.8) is 0 Å². The molecular formula is C13H18O8S. The molecule has 0 radical (unpaired) electrons. The molecule has 0 amide bonds. The Hall–Kier alpha value is -1.07. The average Bonchev–Trinajstić information content (AvgIpc) is 2.48. The first-order valence-corrected chi connectivity index (χ1v) is 7.97. The Morgan fingerprint density at radius 1 is 1.14 bits per heavy atom. The molecule has 0 spiro atoms. The van der Waals surface area contributed by atoms with Crippen LogP contribution < -0.4 is 0 Å². The second-order valence-electron chi connectivity index (χ2n) is 5.06. The second-order valence-corrected chi connectivity index (χ2v) is 6.63. The molecule has 0 unspecified atom stereocenters. The molecule has 0 aromatic heterocycles. The van der Waals surface area contributed by atoms with Crippen molar-refractivity contribution in [2.24, 2.45) is 0 Å². The zero-order valence-corrected chi connectivity index (χ0v) is 12.5. The van der Waals surface area contributed by atoms with Crippen molar-refractivity contribution >= 4 is 10.1 Å². The van der Waals surface area contributed by atoms with Crippen molar-refractivity contribution in [1.29, 1.82) is 0 Å². The molecule has 4 N–H and O–H groups in total. The molecule has 8 nitrogen and oxygen atoms in total. The molecule has 5 atom stereocenters. The molecule has 22 heavy (non-hydrogen) atoms. The Labute approximate surface area is 127 Å². The molecule has 0 aliphatic carbocycles. The van der Waals surface area contributed by atoms with Crippen molar-refractivity contribution in [2.75, 3.05) is 6.61 Å². The van der Waals surface area contributed by atoms with E-state index >= 15 is 0 Å². The van der Waals surface area contributed by atoms with Gasteiger partial charge in [0, 0.05) is 0 Å². The molecule has 9 heteroatoms. The predicted octanol–water partition coefficient (Wildman–Crippen LogP) is -1.50. The molecule has 0 bridgehead atoms. The van der Waals surface area contributed by atoms with E-state index in [2.05, 4.69) is 0 Å². The molecule has 1 aromatic carbocycles. The third-order valence-electron chi connectivity index (χ3n) is 3.39. The van der Waals surface area contributed by atoms with Gasteiger partial charge in [0.1, 0.15) is 18.3 Å². The fraction of sp³-hybridized carbons (Fsp3) is 0.538. The lowest BCUT2D eigenvalue weighted by Gasteiger charge is -2.39. The fourth-order valence-electron chi connectivity index (χ4n) is 2.08. The van der Waals surface area contributed by atoms with E-state index < -0.39 is 47.4 Å². The molecule has 2 rings (SSSR count). The number of benzene rings is 1. The minimum Gasteiger partial charge on any atom is -0.394 e. The number of hydrogen-bond donors (Lipinski definition) is 4. The number of ether oxygens (including phenoxy) is 1. The highest BCUT2D eigenvalue weighted by atomic mass is 32.2. The average molecular weight is 334 g/mol. The van der Waals surface area contributed by atoms with Crippen LogP contribution in [0.15, 0.2) is 29.2 Å². The van der Waals surface area contributed by atoms with E-state index in [0.717, 1.165) is 5.56 Å². The molecule has 1 saturated heterocycles. The van der Waals surface area contributed by atoms with Crippen molar-refractivity contribution in [1.82, 2.24) is 0 Å². The van der Waals surface area contributed by atoms with E-state index in [1.54, 1.807) is 19.1 Å². The SMILES string of the molecule is Cc1ccc(S(=O)(=O)O[C@@H]2[C@@H](O)[C@@H](O)[C@@H](CO)O[C@@H]2O)cc1. The van der Waals surface area contributed by atoms with Crippen LogP contribution in [0.3, 0.4) is 0 Å². The molecule has 0 saturated carbocycles. The molecule has 1 heterocycles. The summed E-state index contributed by atoms with van der Waals surface area (Å²) in [5, 5.41) is 38.3. The van der Waals surface area contributed by atoms with Crippen molar-refractivity contribution < 1.29 is 37.8 Å². The molecule has 1 aromatic rings. The summed E-state index contributed by atoms with van der Waals surface area (Å²) in [7, 11) is -4.26. The lowest BCUT2D eigenvalue weighted by atomic mass is 9.99. The van der Waals surface area contributed by atoms with E-state index in [1.807, 2.05) is 0 Å². The smallest absolute Gasteiger partial charge is 0.297 e. The zero-order chi connectivity index (χ0) is 16.5. The van der Waals surface area contributed by atoms with Crippen LogP contribution in [-0.4, -0.2) is 66.2 Å². The van der Waals surface area contributed by atoms with Gasteiger partial charge >= 0.3 is 0 Å². The highest BCUT2D eigenvalue weighted by molar-refractivity contribution is 7.86. The Bertz CT molecular complexity index is 599. The van der Waals surface area contributed by atoms with Gasteiger partial charge in [-0.3, -0.25) is 4.18 Å². The van der Waals surface area contributed by atoms with Crippen LogP contribution in [0.2, 0.25) is 0 Å². The first-order chi connectivity index (χ1) is 10.3. The summed E-state index contributed by atoms with van der Waals surface area (Å²) in [6, 6.07) is 5.77. The Balaban J connectivity index is 2.20. The third kappa shape index (κ3) is 3.46. The molecule has 1 aliphatic rings. The summed E-state index contributed by atoms with van der Waals surface area (Å²) in [5.74, 6) is 0. The van der Waals surface area contributed by atoms with Crippen LogP contribution in [0, 0.1) is 6.92 Å². The highest BCUT2D eigenvalue weighted by Crippen LogP contribution is 2.25. The van der Waals surface area contributed by atoms with E-state index in [0.29, 0.717) is 0 Å². The summed E-state index contributed by atoms with van der Waals surface area (Å²) in [6.07, 6.45) is -8.07. The van der Waals surface area contributed by atoms with Gasteiger partial charge in [0.2, 0.25) is 0 Å². The first kappa shape index (κ1) is 17.3. The fourth-order valence-corrected chi connectivity index (χ4v) is 3.16. The Morgan fingerprint density at radius 2 is 1.73 bits per heavy atom. The summed E-state index contributed by atoms with van der Waals surface area (Å²) in [4.78, 5) is -0.156. The standard InChI is InChI=1S/C13H18O8S/c1-7-2-4-8(5-3-7)22(18,19)21-12-11(16)10(15)9(6-14)20-13(12)17/h2-5,9-17H,6H2,1H3/t9-,10+,11+,12-,13+/m1/s1. The number of aryl methyl sites for hydroxylation is 1. The monoisotopic (exact) mass is 334 g/mol. The summed E-state index contributed by atoms with van der Waals surface area (Å²) in [5.41, 5.74) is 0.848. The van der Waals surface area contributed by atoms with Crippen LogP contribution in [-0.2, 0) is 19.0 Å². The summed E-state index contributed by atoms with van der Waals surface area (Å²) >= 11 is 0. The van der Waals surface area contributed by atoms with E-state index in [4.69, 9.17) is 14.0 Å². The second kappa shape index (κ2) is 6.59. The van der Waals surface area contributed by atoms with Gasteiger partial charge in [0.25, 0.3) is 10.1 Å². The van der Waals surface area contributed by atoms with Gasteiger partial charge in [-0.15, -0.1) is 0 Å². The molecule has 124 valence electrons. The van der Waals surface area contributed by atoms with E-state index in [-0.39, 0.29) is 4.90 Å². The zero-order valence-electron chi connectivity index (χ0n) is 11.7. The van der Waals surface area contributed by atoms with Crippen LogP contribution in [0.5, 0.6) is 0 Å². The third-order valence-corrected chi connectivity index (χ3v) is 4.72. The molecule has 1 aliphatic heterocycles. The number of aliphatic hydroxyl groups is 4. The number of aliphatic hydroxyl groups excluding tert-OH is 4. The Morgan fingerprint density at radius 3 is 2.27 bits per heavy atom. The van der Waals surface area contributed by atoms with E-state index in [9.17, 15) is 23.7 Å². The predicted molar refractivity (Wildman–Crippen MR) is 73.2 cm³/mol. The highest BCUT2D eigenvalue weighted by Gasteiger charge is 2.46. The van der Waals surface area contributed by atoms with Crippen LogP contribution >= 0.6 is 0 Å². The van der Waals surface area contributed by atoms with Gasteiger partial charge in [-0.05, 0) is 19.1 Å². The van der Waals surface area contributed by atoms with Gasteiger partial charge in [-0.25, -0.2) is 0 Å². The van der Waals surface area contributed by atoms with Gasteiger partial charge < -0.3 is 25.2 Å². The lowest BCUT2D eigenvalue weighted by Crippen LogP contribution is -2.59. The molecule has 1 fully saturated rings. The van der Waals surface area contributed by atoms with Crippen molar-refractivity contribution in [3.8, 4) is 0 Å².